The zero-order valence-corrected chi connectivity index (χ0v) is 16.8. The van der Waals surface area contributed by atoms with Crippen LogP contribution >= 0.6 is 11.3 Å². The van der Waals surface area contributed by atoms with E-state index < -0.39 is 0 Å². The van der Waals surface area contributed by atoms with Crippen LogP contribution in [-0.2, 0) is 11.3 Å². The van der Waals surface area contributed by atoms with Crippen molar-refractivity contribution < 1.29 is 9.13 Å². The number of fused-ring (bicyclic) bond motifs is 1. The third kappa shape index (κ3) is 4.18. The summed E-state index contributed by atoms with van der Waals surface area (Å²) in [6.07, 6.45) is 3.95. The normalized spacial score (nSPS) is 20.7. The molecule has 6 nitrogen and oxygen atoms in total. The molecule has 2 atom stereocenters. The van der Waals surface area contributed by atoms with Gasteiger partial charge in [-0.15, -0.1) is 11.3 Å². The monoisotopic (exact) mass is 401 g/mol. The zero-order chi connectivity index (χ0) is 19.5. The van der Waals surface area contributed by atoms with Gasteiger partial charge >= 0.3 is 0 Å². The minimum Gasteiger partial charge on any atom is -0.367 e. The maximum absolute atomic E-state index is 13.3. The topological polar surface area (TPSA) is 54.2 Å². The lowest BCUT2D eigenvalue weighted by Crippen LogP contribution is -2.50. The molecular weight excluding hydrogens is 377 g/mol. The highest BCUT2D eigenvalue weighted by Gasteiger charge is 2.28. The molecule has 2 unspecified atom stereocenters. The van der Waals surface area contributed by atoms with Gasteiger partial charge in [-0.25, -0.2) is 14.4 Å². The summed E-state index contributed by atoms with van der Waals surface area (Å²) < 4.78 is 21.4. The number of aliphatic imine (C=N–C) groups is 1. The van der Waals surface area contributed by atoms with Gasteiger partial charge in [-0.1, -0.05) is 12.1 Å². The lowest BCUT2D eigenvalue weighted by atomic mass is 10.1. The summed E-state index contributed by atoms with van der Waals surface area (Å²) in [6, 6.07) is 6.54. The molecular formula is C20H24FN5OS. The Kier molecular flexibility index (Phi) is 5.59. The van der Waals surface area contributed by atoms with Gasteiger partial charge in [0.1, 0.15) is 11.9 Å². The summed E-state index contributed by atoms with van der Waals surface area (Å²) in [6.45, 7) is 6.83. The molecule has 1 aliphatic heterocycles. The maximum Gasteiger partial charge on any atom is 0.194 e. The summed E-state index contributed by atoms with van der Waals surface area (Å²) in [7, 11) is 0. The molecule has 1 aliphatic rings. The van der Waals surface area contributed by atoms with Gasteiger partial charge in [-0.3, -0.25) is 4.40 Å². The van der Waals surface area contributed by atoms with Crippen LogP contribution < -0.4 is 5.32 Å². The Bertz CT molecular complexity index is 923. The van der Waals surface area contributed by atoms with Crippen molar-refractivity contribution in [2.75, 3.05) is 19.6 Å². The van der Waals surface area contributed by atoms with Crippen LogP contribution in [0.4, 0.5) is 4.39 Å². The van der Waals surface area contributed by atoms with Crippen molar-refractivity contribution in [3.8, 4) is 0 Å². The fraction of sp³-hybridized carbons (Fsp3) is 0.400. The van der Waals surface area contributed by atoms with E-state index in [-0.39, 0.29) is 18.0 Å². The van der Waals surface area contributed by atoms with E-state index in [0.717, 1.165) is 35.3 Å². The van der Waals surface area contributed by atoms with E-state index in [2.05, 4.69) is 29.0 Å². The van der Waals surface area contributed by atoms with E-state index in [1.165, 1.54) is 12.1 Å². The molecule has 1 aromatic carbocycles. The van der Waals surface area contributed by atoms with Crippen molar-refractivity contribution in [2.45, 2.75) is 32.6 Å². The van der Waals surface area contributed by atoms with Crippen LogP contribution in [0.1, 0.15) is 31.2 Å². The zero-order valence-electron chi connectivity index (χ0n) is 16.0. The number of imidazole rings is 1. The lowest BCUT2D eigenvalue weighted by molar-refractivity contribution is -0.0605. The van der Waals surface area contributed by atoms with Crippen LogP contribution in [0.5, 0.6) is 0 Å². The van der Waals surface area contributed by atoms with E-state index in [1.54, 1.807) is 23.5 Å². The van der Waals surface area contributed by atoms with Crippen LogP contribution in [0.2, 0.25) is 0 Å². The van der Waals surface area contributed by atoms with Gasteiger partial charge in [0.15, 0.2) is 10.9 Å². The summed E-state index contributed by atoms with van der Waals surface area (Å²) in [5.41, 5.74) is 1.92. The number of hydrogen-bond acceptors (Lipinski definition) is 4. The lowest BCUT2D eigenvalue weighted by Gasteiger charge is -2.38. The van der Waals surface area contributed by atoms with Crippen LogP contribution in [0.25, 0.3) is 4.96 Å². The SMILES string of the molecule is CCNC(=NCc1cn2ccsc2n1)N1CC(C)OC(c2ccc(F)cc2)C1. The number of rotatable bonds is 4. The number of halogens is 1. The molecule has 3 aromatic rings. The average Bonchev–Trinajstić information content (AvgIpc) is 3.27. The molecule has 0 spiro atoms. The van der Waals surface area contributed by atoms with Crippen LogP contribution in [-0.4, -0.2) is 46.0 Å². The van der Waals surface area contributed by atoms with Crippen molar-refractivity contribution in [2.24, 2.45) is 4.99 Å². The van der Waals surface area contributed by atoms with Gasteiger partial charge in [-0.2, -0.15) is 0 Å². The number of nitrogens with zero attached hydrogens (tertiary/aromatic N) is 4. The van der Waals surface area contributed by atoms with E-state index in [9.17, 15) is 4.39 Å². The number of guanidine groups is 1. The second kappa shape index (κ2) is 8.28. The Balaban J connectivity index is 1.51. The molecule has 0 aliphatic carbocycles. The van der Waals surface area contributed by atoms with Crippen molar-refractivity contribution in [1.82, 2.24) is 19.6 Å². The molecule has 2 aromatic heterocycles. The Morgan fingerprint density at radius 2 is 2.18 bits per heavy atom. The van der Waals surface area contributed by atoms with Crippen molar-refractivity contribution in [3.05, 3.63) is 59.1 Å². The first kappa shape index (κ1) is 18.9. The molecule has 0 saturated carbocycles. The van der Waals surface area contributed by atoms with Gasteiger partial charge in [0.2, 0.25) is 0 Å². The summed E-state index contributed by atoms with van der Waals surface area (Å²) in [5.74, 6) is 0.612. The molecule has 8 heteroatoms. The number of hydrogen-bond donors (Lipinski definition) is 1. The maximum atomic E-state index is 13.3. The second-order valence-corrected chi connectivity index (χ2v) is 7.76. The Labute approximate surface area is 167 Å². The quantitative estimate of drug-likeness (QED) is 0.537. The Hall–Kier alpha value is -2.45. The van der Waals surface area contributed by atoms with E-state index >= 15 is 0 Å². The largest absolute Gasteiger partial charge is 0.367 e. The second-order valence-electron chi connectivity index (χ2n) is 6.89. The van der Waals surface area contributed by atoms with Gasteiger partial charge < -0.3 is 15.0 Å². The molecule has 4 rings (SSSR count). The molecule has 1 N–H and O–H groups in total. The highest BCUT2D eigenvalue weighted by molar-refractivity contribution is 7.15. The number of morpholine rings is 1. The van der Waals surface area contributed by atoms with Crippen molar-refractivity contribution in [3.63, 3.8) is 0 Å². The Morgan fingerprint density at radius 1 is 1.36 bits per heavy atom. The Morgan fingerprint density at radius 3 is 2.93 bits per heavy atom. The molecule has 0 amide bonds. The summed E-state index contributed by atoms with van der Waals surface area (Å²) in [5, 5.41) is 5.40. The highest BCUT2D eigenvalue weighted by Crippen LogP contribution is 2.25. The number of benzene rings is 1. The summed E-state index contributed by atoms with van der Waals surface area (Å²) >= 11 is 1.61. The van der Waals surface area contributed by atoms with Gasteiger partial charge in [0, 0.05) is 30.9 Å². The van der Waals surface area contributed by atoms with Crippen LogP contribution in [0, 0.1) is 5.82 Å². The van der Waals surface area contributed by atoms with Crippen LogP contribution in [0.3, 0.4) is 0 Å². The third-order valence-electron chi connectivity index (χ3n) is 4.67. The predicted molar refractivity (Wildman–Crippen MR) is 109 cm³/mol. The van der Waals surface area contributed by atoms with E-state index in [0.29, 0.717) is 13.1 Å². The minimum atomic E-state index is -0.237. The fourth-order valence-corrected chi connectivity index (χ4v) is 4.14. The molecule has 0 bridgehead atoms. The third-order valence-corrected chi connectivity index (χ3v) is 5.44. The molecule has 1 fully saturated rings. The summed E-state index contributed by atoms with van der Waals surface area (Å²) in [4.78, 5) is 12.6. The predicted octanol–water partition coefficient (Wildman–Crippen LogP) is 3.46. The molecule has 1 saturated heterocycles. The fourth-order valence-electron chi connectivity index (χ4n) is 3.42. The molecule has 28 heavy (non-hydrogen) atoms. The van der Waals surface area contributed by atoms with Gasteiger partial charge in [-0.05, 0) is 31.5 Å². The van der Waals surface area contributed by atoms with Crippen molar-refractivity contribution >= 4 is 22.3 Å². The number of ether oxygens (including phenoxy) is 1. The van der Waals surface area contributed by atoms with Gasteiger partial charge in [0.25, 0.3) is 0 Å². The van der Waals surface area contributed by atoms with Gasteiger partial charge in [0.05, 0.1) is 24.9 Å². The number of thiazole rings is 1. The van der Waals surface area contributed by atoms with E-state index in [1.807, 2.05) is 22.2 Å². The number of nitrogens with one attached hydrogen (secondary N) is 1. The minimum absolute atomic E-state index is 0.0469. The average molecular weight is 402 g/mol. The molecule has 148 valence electrons. The first-order valence-corrected chi connectivity index (χ1v) is 10.4. The van der Waals surface area contributed by atoms with Crippen molar-refractivity contribution in [1.29, 1.82) is 0 Å². The van der Waals surface area contributed by atoms with Crippen LogP contribution in [0.15, 0.2) is 47.0 Å². The molecule has 0 radical (unpaired) electrons. The van der Waals surface area contributed by atoms with E-state index in [4.69, 9.17) is 9.73 Å². The standard InChI is InChI=1S/C20H24FN5OS/c1-3-22-19(23-10-17-12-25-8-9-28-20(25)24-17)26-11-14(2)27-18(13-26)15-4-6-16(21)7-5-15/h4-9,12,14,18H,3,10-11,13H2,1-2H3,(H,22,23). The smallest absolute Gasteiger partial charge is 0.194 e. The first-order valence-electron chi connectivity index (χ1n) is 9.47. The molecule has 3 heterocycles. The number of aromatic nitrogens is 2. The first-order chi connectivity index (χ1) is 13.6. The highest BCUT2D eigenvalue weighted by atomic mass is 32.1.